The molecule has 3 aromatic rings. The van der Waals surface area contributed by atoms with E-state index in [0.717, 1.165) is 25.9 Å². The molecule has 0 aromatic heterocycles. The Morgan fingerprint density at radius 2 is 1.78 bits per heavy atom. The van der Waals surface area contributed by atoms with Crippen LogP contribution in [0.25, 0.3) is 0 Å². The van der Waals surface area contributed by atoms with E-state index >= 15 is 0 Å². The number of ether oxygens (including phenoxy) is 1. The normalized spacial score (nSPS) is 13.3. The van der Waals surface area contributed by atoms with Gasteiger partial charge in [-0.15, -0.1) is 0 Å². The first-order chi connectivity index (χ1) is 17.2. The second kappa shape index (κ2) is 10.2. The molecule has 0 bridgehead atoms. The molecule has 1 saturated heterocycles. The van der Waals surface area contributed by atoms with Crippen LogP contribution in [0.15, 0.2) is 65.6 Å². The zero-order valence-corrected chi connectivity index (χ0v) is 20.7. The molecule has 0 spiro atoms. The quantitative estimate of drug-likeness (QED) is 0.335. The number of rotatable bonds is 8. The molecule has 10 nitrogen and oxygen atoms in total. The summed E-state index contributed by atoms with van der Waals surface area (Å²) in [6.07, 6.45) is 1.92. The summed E-state index contributed by atoms with van der Waals surface area (Å²) < 4.78 is 34.0. The van der Waals surface area contributed by atoms with Crippen LogP contribution in [0.1, 0.15) is 28.8 Å². The van der Waals surface area contributed by atoms with Gasteiger partial charge in [0.1, 0.15) is 11.4 Å². The lowest BCUT2D eigenvalue weighted by atomic mass is 10.1. The minimum atomic E-state index is -4.01. The standard InChI is InChI=1S/C25H26N4O6S/c1-17-9-11-19(16-24(17)36(33,34)27-20-7-3-4-8-23(20)35-2)26-25(30)18-10-12-21(22(15-18)29(31)32)28-13-5-6-14-28/h3-4,7-12,15-16,27H,5-6,13-14H2,1-2H3,(H,26,30). The molecule has 188 valence electrons. The lowest BCUT2D eigenvalue weighted by Gasteiger charge is -2.18. The van der Waals surface area contributed by atoms with E-state index in [-0.39, 0.29) is 27.5 Å². The van der Waals surface area contributed by atoms with Crippen molar-refractivity contribution in [1.29, 1.82) is 0 Å². The number of nitro groups is 1. The predicted molar refractivity (Wildman–Crippen MR) is 137 cm³/mol. The number of para-hydroxylation sites is 2. The van der Waals surface area contributed by atoms with Crippen molar-refractivity contribution in [3.05, 3.63) is 81.9 Å². The van der Waals surface area contributed by atoms with Crippen LogP contribution < -0.4 is 19.7 Å². The Morgan fingerprint density at radius 3 is 2.47 bits per heavy atom. The smallest absolute Gasteiger partial charge is 0.293 e. The molecule has 1 amide bonds. The molecule has 0 saturated carbocycles. The van der Waals surface area contributed by atoms with Crippen LogP contribution in [0, 0.1) is 17.0 Å². The van der Waals surface area contributed by atoms with Crippen molar-refractivity contribution in [2.24, 2.45) is 0 Å². The van der Waals surface area contributed by atoms with E-state index in [0.29, 0.717) is 17.0 Å². The number of nitrogens with zero attached hydrogens (tertiary/aromatic N) is 2. The number of carbonyl (C=O) groups is 1. The predicted octanol–water partition coefficient (Wildman–Crippen LogP) is 4.57. The van der Waals surface area contributed by atoms with Gasteiger partial charge >= 0.3 is 0 Å². The molecular weight excluding hydrogens is 484 g/mol. The Balaban J connectivity index is 1.59. The second-order valence-electron chi connectivity index (χ2n) is 8.39. The van der Waals surface area contributed by atoms with Crippen molar-refractivity contribution < 1.29 is 22.9 Å². The minimum Gasteiger partial charge on any atom is -0.495 e. The van der Waals surface area contributed by atoms with Gasteiger partial charge in [0.25, 0.3) is 21.6 Å². The van der Waals surface area contributed by atoms with Gasteiger partial charge < -0.3 is 15.0 Å². The number of benzene rings is 3. The topological polar surface area (TPSA) is 131 Å². The van der Waals surface area contributed by atoms with Gasteiger partial charge in [0, 0.05) is 30.4 Å². The fourth-order valence-electron chi connectivity index (χ4n) is 4.14. The number of hydrogen-bond donors (Lipinski definition) is 2. The molecule has 36 heavy (non-hydrogen) atoms. The summed E-state index contributed by atoms with van der Waals surface area (Å²) in [5.74, 6) is -0.224. The average Bonchev–Trinajstić information content (AvgIpc) is 3.39. The summed E-state index contributed by atoms with van der Waals surface area (Å²) in [6.45, 7) is 3.11. The van der Waals surface area contributed by atoms with Crippen LogP contribution in [0.3, 0.4) is 0 Å². The lowest BCUT2D eigenvalue weighted by Crippen LogP contribution is -2.20. The van der Waals surface area contributed by atoms with Crippen molar-refractivity contribution in [2.75, 3.05) is 35.1 Å². The van der Waals surface area contributed by atoms with Crippen LogP contribution in [0.4, 0.5) is 22.7 Å². The Hall–Kier alpha value is -4.12. The van der Waals surface area contributed by atoms with Crippen LogP contribution in [0.5, 0.6) is 5.75 Å². The van der Waals surface area contributed by atoms with Crippen LogP contribution in [-0.4, -0.2) is 39.4 Å². The molecule has 1 heterocycles. The Kier molecular flexibility index (Phi) is 7.11. The monoisotopic (exact) mass is 510 g/mol. The van der Waals surface area contributed by atoms with Gasteiger partial charge in [0.2, 0.25) is 0 Å². The molecule has 0 unspecified atom stereocenters. The number of amides is 1. The maximum absolute atomic E-state index is 13.1. The van der Waals surface area contributed by atoms with Gasteiger partial charge in [0.05, 0.1) is 22.6 Å². The number of carbonyl (C=O) groups excluding carboxylic acids is 1. The average molecular weight is 511 g/mol. The number of aryl methyl sites for hydroxylation is 1. The molecule has 0 atom stereocenters. The number of methoxy groups -OCH3 is 1. The highest BCUT2D eigenvalue weighted by molar-refractivity contribution is 7.92. The molecule has 0 aliphatic carbocycles. The highest BCUT2D eigenvalue weighted by Crippen LogP contribution is 2.32. The van der Waals surface area contributed by atoms with Gasteiger partial charge in [-0.3, -0.25) is 19.6 Å². The van der Waals surface area contributed by atoms with Gasteiger partial charge in [0.15, 0.2) is 0 Å². The third-order valence-corrected chi connectivity index (χ3v) is 7.48. The third-order valence-electron chi connectivity index (χ3n) is 5.97. The third kappa shape index (κ3) is 5.25. The summed E-state index contributed by atoms with van der Waals surface area (Å²) in [5, 5.41) is 14.3. The van der Waals surface area contributed by atoms with E-state index in [1.807, 2.05) is 4.90 Å². The zero-order chi connectivity index (χ0) is 25.9. The number of anilines is 3. The first-order valence-electron chi connectivity index (χ1n) is 11.3. The van der Waals surface area contributed by atoms with Crippen molar-refractivity contribution in [3.63, 3.8) is 0 Å². The Labute approximate surface area is 209 Å². The summed E-state index contributed by atoms with van der Waals surface area (Å²) in [5.41, 5.74) is 1.43. The molecule has 1 fully saturated rings. The lowest BCUT2D eigenvalue weighted by molar-refractivity contribution is -0.384. The molecular formula is C25H26N4O6S. The summed E-state index contributed by atoms with van der Waals surface area (Å²) >= 11 is 0. The molecule has 2 N–H and O–H groups in total. The van der Waals surface area contributed by atoms with Crippen molar-refractivity contribution in [3.8, 4) is 5.75 Å². The van der Waals surface area contributed by atoms with E-state index in [2.05, 4.69) is 10.0 Å². The Morgan fingerprint density at radius 1 is 1.06 bits per heavy atom. The largest absolute Gasteiger partial charge is 0.495 e. The second-order valence-corrected chi connectivity index (χ2v) is 10.0. The maximum Gasteiger partial charge on any atom is 0.293 e. The zero-order valence-electron chi connectivity index (χ0n) is 19.9. The fourth-order valence-corrected chi connectivity index (χ4v) is 5.48. The minimum absolute atomic E-state index is 0.0263. The molecule has 1 aliphatic rings. The molecule has 4 rings (SSSR count). The van der Waals surface area contributed by atoms with Crippen LogP contribution >= 0.6 is 0 Å². The van der Waals surface area contributed by atoms with E-state index in [9.17, 15) is 23.3 Å². The van der Waals surface area contributed by atoms with Crippen LogP contribution in [-0.2, 0) is 10.0 Å². The van der Waals surface area contributed by atoms with Gasteiger partial charge in [-0.1, -0.05) is 18.2 Å². The van der Waals surface area contributed by atoms with Crippen molar-refractivity contribution in [2.45, 2.75) is 24.7 Å². The van der Waals surface area contributed by atoms with E-state index in [4.69, 9.17) is 4.74 Å². The van der Waals surface area contributed by atoms with Crippen LogP contribution in [0.2, 0.25) is 0 Å². The van der Waals surface area contributed by atoms with E-state index < -0.39 is 20.9 Å². The SMILES string of the molecule is COc1ccccc1NS(=O)(=O)c1cc(NC(=O)c2ccc(N3CCCC3)c([N+](=O)[O-])c2)ccc1C. The molecule has 11 heteroatoms. The summed E-state index contributed by atoms with van der Waals surface area (Å²) in [7, 11) is -2.57. The van der Waals surface area contributed by atoms with E-state index in [1.54, 1.807) is 49.4 Å². The molecule has 0 radical (unpaired) electrons. The van der Waals surface area contributed by atoms with Gasteiger partial charge in [-0.25, -0.2) is 8.42 Å². The van der Waals surface area contributed by atoms with Crippen molar-refractivity contribution in [1.82, 2.24) is 0 Å². The van der Waals surface area contributed by atoms with Gasteiger partial charge in [-0.05, 0) is 61.7 Å². The number of nitrogens with one attached hydrogen (secondary N) is 2. The summed E-state index contributed by atoms with van der Waals surface area (Å²) in [6, 6.07) is 15.5. The molecule has 1 aliphatic heterocycles. The number of nitro benzene ring substituents is 1. The highest BCUT2D eigenvalue weighted by Gasteiger charge is 2.24. The summed E-state index contributed by atoms with van der Waals surface area (Å²) in [4.78, 5) is 26.0. The van der Waals surface area contributed by atoms with Crippen molar-refractivity contribution >= 4 is 38.7 Å². The highest BCUT2D eigenvalue weighted by atomic mass is 32.2. The number of hydrogen-bond acceptors (Lipinski definition) is 7. The number of sulfonamides is 1. The maximum atomic E-state index is 13.1. The fraction of sp³-hybridized carbons (Fsp3) is 0.240. The Bertz CT molecular complexity index is 1420. The molecule has 3 aromatic carbocycles. The first kappa shape index (κ1) is 25.0. The van der Waals surface area contributed by atoms with Gasteiger partial charge in [-0.2, -0.15) is 0 Å². The first-order valence-corrected chi connectivity index (χ1v) is 12.8. The van der Waals surface area contributed by atoms with E-state index in [1.165, 1.54) is 25.3 Å².